The normalized spacial score (nSPS) is 11.7. The minimum Gasteiger partial charge on any atom is -0.394 e. The third-order valence-electron chi connectivity index (χ3n) is 1.35. The second kappa shape index (κ2) is 2.69. The molecule has 0 radical (unpaired) electrons. The summed E-state index contributed by atoms with van der Waals surface area (Å²) in [7, 11) is 1.85. The molecule has 12 heavy (non-hydrogen) atoms. The summed E-state index contributed by atoms with van der Waals surface area (Å²) in [6.07, 6.45) is 1.79. The van der Waals surface area contributed by atoms with Crippen LogP contribution in [-0.2, 0) is 7.05 Å². The lowest BCUT2D eigenvalue weighted by Crippen LogP contribution is -2.26. The standard InChI is InChI=1S/C8H16N4/c1-8(2,3)10-7-6(9)5-12(4)11-7/h5H,9H2,1-4H3,(H,10,11). The van der Waals surface area contributed by atoms with Crippen molar-refractivity contribution >= 4 is 11.5 Å². The first-order valence-electron chi connectivity index (χ1n) is 3.96. The molecule has 0 amide bonds. The molecular weight excluding hydrogens is 152 g/mol. The van der Waals surface area contributed by atoms with Crippen molar-refractivity contribution in [2.75, 3.05) is 11.1 Å². The van der Waals surface area contributed by atoms with Crippen LogP contribution < -0.4 is 11.1 Å². The van der Waals surface area contributed by atoms with E-state index in [4.69, 9.17) is 5.73 Å². The smallest absolute Gasteiger partial charge is 0.171 e. The van der Waals surface area contributed by atoms with Crippen molar-refractivity contribution in [3.05, 3.63) is 6.20 Å². The van der Waals surface area contributed by atoms with Crippen LogP contribution in [0.2, 0.25) is 0 Å². The van der Waals surface area contributed by atoms with Crippen molar-refractivity contribution in [1.82, 2.24) is 9.78 Å². The Kier molecular flexibility index (Phi) is 2.00. The lowest BCUT2D eigenvalue weighted by molar-refractivity contribution is 0.626. The van der Waals surface area contributed by atoms with E-state index < -0.39 is 0 Å². The van der Waals surface area contributed by atoms with Crippen molar-refractivity contribution in [3.8, 4) is 0 Å². The molecule has 68 valence electrons. The van der Waals surface area contributed by atoms with Gasteiger partial charge in [0.05, 0.1) is 5.69 Å². The highest BCUT2D eigenvalue weighted by Gasteiger charge is 2.13. The lowest BCUT2D eigenvalue weighted by Gasteiger charge is -2.20. The number of hydrogen-bond acceptors (Lipinski definition) is 3. The van der Waals surface area contributed by atoms with Gasteiger partial charge in [0.1, 0.15) is 0 Å². The van der Waals surface area contributed by atoms with Crippen LogP contribution in [0, 0.1) is 0 Å². The fraction of sp³-hybridized carbons (Fsp3) is 0.625. The van der Waals surface area contributed by atoms with Gasteiger partial charge in [0.25, 0.3) is 0 Å². The highest BCUT2D eigenvalue weighted by molar-refractivity contribution is 5.60. The predicted octanol–water partition coefficient (Wildman–Crippen LogP) is 1.21. The highest BCUT2D eigenvalue weighted by Crippen LogP contribution is 2.18. The van der Waals surface area contributed by atoms with E-state index in [1.807, 2.05) is 7.05 Å². The van der Waals surface area contributed by atoms with E-state index >= 15 is 0 Å². The van der Waals surface area contributed by atoms with E-state index in [9.17, 15) is 0 Å². The fourth-order valence-corrected chi connectivity index (χ4v) is 0.959. The largest absolute Gasteiger partial charge is 0.394 e. The fourth-order valence-electron chi connectivity index (χ4n) is 0.959. The molecule has 0 saturated carbocycles. The summed E-state index contributed by atoms with van der Waals surface area (Å²) in [6.45, 7) is 6.21. The van der Waals surface area contributed by atoms with Gasteiger partial charge in [-0.1, -0.05) is 0 Å². The van der Waals surface area contributed by atoms with Gasteiger partial charge < -0.3 is 11.1 Å². The van der Waals surface area contributed by atoms with Crippen LogP contribution in [0.5, 0.6) is 0 Å². The number of anilines is 2. The van der Waals surface area contributed by atoms with Gasteiger partial charge in [0.15, 0.2) is 5.82 Å². The molecule has 1 aromatic heterocycles. The first-order valence-corrected chi connectivity index (χ1v) is 3.96. The topological polar surface area (TPSA) is 55.9 Å². The SMILES string of the molecule is Cn1cc(N)c(NC(C)(C)C)n1. The molecule has 1 rings (SSSR count). The number of rotatable bonds is 1. The van der Waals surface area contributed by atoms with E-state index in [-0.39, 0.29) is 5.54 Å². The van der Waals surface area contributed by atoms with Gasteiger partial charge in [-0.2, -0.15) is 5.10 Å². The maximum atomic E-state index is 5.70. The highest BCUT2D eigenvalue weighted by atomic mass is 15.3. The van der Waals surface area contributed by atoms with Gasteiger partial charge in [0, 0.05) is 18.8 Å². The molecule has 3 N–H and O–H groups in total. The molecule has 4 nitrogen and oxygen atoms in total. The van der Waals surface area contributed by atoms with Crippen molar-refractivity contribution in [2.24, 2.45) is 7.05 Å². The predicted molar refractivity (Wildman–Crippen MR) is 51.0 cm³/mol. The van der Waals surface area contributed by atoms with E-state index in [0.29, 0.717) is 5.69 Å². The molecule has 0 unspecified atom stereocenters. The number of nitrogens with two attached hydrogens (primary N) is 1. The van der Waals surface area contributed by atoms with Crippen LogP contribution in [0.25, 0.3) is 0 Å². The Morgan fingerprint density at radius 1 is 1.50 bits per heavy atom. The molecule has 0 atom stereocenters. The average molecular weight is 168 g/mol. The Bertz CT molecular complexity index is 269. The Labute approximate surface area is 72.8 Å². The van der Waals surface area contributed by atoms with Crippen molar-refractivity contribution in [3.63, 3.8) is 0 Å². The number of aromatic nitrogens is 2. The zero-order chi connectivity index (χ0) is 9.35. The maximum absolute atomic E-state index is 5.70. The average Bonchev–Trinajstić information content (AvgIpc) is 2.06. The quantitative estimate of drug-likeness (QED) is 0.662. The number of hydrogen-bond donors (Lipinski definition) is 2. The van der Waals surface area contributed by atoms with Gasteiger partial charge in [-0.3, -0.25) is 4.68 Å². The Morgan fingerprint density at radius 3 is 2.42 bits per heavy atom. The van der Waals surface area contributed by atoms with Crippen LogP contribution in [0.3, 0.4) is 0 Å². The molecule has 4 heteroatoms. The summed E-state index contributed by atoms with van der Waals surface area (Å²) in [5, 5.41) is 7.39. The van der Waals surface area contributed by atoms with Crippen molar-refractivity contribution < 1.29 is 0 Å². The van der Waals surface area contributed by atoms with E-state index in [1.165, 1.54) is 0 Å². The van der Waals surface area contributed by atoms with Crippen LogP contribution in [-0.4, -0.2) is 15.3 Å². The summed E-state index contributed by atoms with van der Waals surface area (Å²) in [4.78, 5) is 0. The molecule has 0 aliphatic heterocycles. The Morgan fingerprint density at radius 2 is 2.08 bits per heavy atom. The summed E-state index contributed by atoms with van der Waals surface area (Å²) in [5.74, 6) is 0.755. The van der Waals surface area contributed by atoms with E-state index in [2.05, 4.69) is 31.2 Å². The molecule has 1 heterocycles. The summed E-state index contributed by atoms with van der Waals surface area (Å²) in [6, 6.07) is 0. The van der Waals surface area contributed by atoms with Gasteiger partial charge in [0.2, 0.25) is 0 Å². The van der Waals surface area contributed by atoms with Crippen LogP contribution >= 0.6 is 0 Å². The molecule has 0 aliphatic rings. The van der Waals surface area contributed by atoms with Gasteiger partial charge in [-0.05, 0) is 20.8 Å². The molecule has 0 aromatic carbocycles. The Hall–Kier alpha value is -1.19. The molecule has 0 spiro atoms. The minimum absolute atomic E-state index is 0.00245. The third kappa shape index (κ3) is 2.15. The molecule has 0 fully saturated rings. The number of nitrogens with zero attached hydrogens (tertiary/aromatic N) is 2. The third-order valence-corrected chi connectivity index (χ3v) is 1.35. The molecular formula is C8H16N4. The summed E-state index contributed by atoms with van der Waals surface area (Å²) in [5.41, 5.74) is 6.39. The van der Waals surface area contributed by atoms with Crippen molar-refractivity contribution in [2.45, 2.75) is 26.3 Å². The second-order valence-electron chi connectivity index (χ2n) is 3.98. The lowest BCUT2D eigenvalue weighted by atomic mass is 10.1. The Balaban J connectivity index is 2.82. The van der Waals surface area contributed by atoms with Gasteiger partial charge in [-0.15, -0.1) is 0 Å². The molecule has 0 aliphatic carbocycles. The molecule has 0 saturated heterocycles. The number of aryl methyl sites for hydroxylation is 1. The van der Waals surface area contributed by atoms with Crippen molar-refractivity contribution in [1.29, 1.82) is 0 Å². The maximum Gasteiger partial charge on any atom is 0.171 e. The second-order valence-corrected chi connectivity index (χ2v) is 3.98. The van der Waals surface area contributed by atoms with Gasteiger partial charge >= 0.3 is 0 Å². The van der Waals surface area contributed by atoms with Crippen LogP contribution in [0.1, 0.15) is 20.8 Å². The molecule has 1 aromatic rings. The zero-order valence-electron chi connectivity index (χ0n) is 8.05. The monoisotopic (exact) mass is 168 g/mol. The van der Waals surface area contributed by atoms with Crippen LogP contribution in [0.4, 0.5) is 11.5 Å². The summed E-state index contributed by atoms with van der Waals surface area (Å²) >= 11 is 0. The van der Waals surface area contributed by atoms with E-state index in [1.54, 1.807) is 10.9 Å². The first-order chi connectivity index (χ1) is 5.38. The minimum atomic E-state index is 0.00245. The van der Waals surface area contributed by atoms with E-state index in [0.717, 1.165) is 5.82 Å². The number of nitrogen functional groups attached to an aromatic ring is 1. The molecule has 0 bridgehead atoms. The zero-order valence-corrected chi connectivity index (χ0v) is 8.05. The first kappa shape index (κ1) is 8.90. The van der Waals surface area contributed by atoms with Gasteiger partial charge in [-0.25, -0.2) is 0 Å². The number of nitrogens with one attached hydrogen (secondary N) is 1. The van der Waals surface area contributed by atoms with Crippen LogP contribution in [0.15, 0.2) is 6.20 Å². The summed E-state index contributed by atoms with van der Waals surface area (Å²) < 4.78 is 1.70.